The van der Waals surface area contributed by atoms with Gasteiger partial charge in [0, 0.05) is 25.4 Å². The Bertz CT molecular complexity index is 1010. The minimum atomic E-state index is -3.75. The third kappa shape index (κ3) is 4.61. The molecule has 1 fully saturated rings. The van der Waals surface area contributed by atoms with E-state index in [-0.39, 0.29) is 25.8 Å². The van der Waals surface area contributed by atoms with Gasteiger partial charge in [-0.15, -0.1) is 0 Å². The molecule has 2 heterocycles. The number of aryl methyl sites for hydroxylation is 2. The molecule has 1 aliphatic heterocycles. The van der Waals surface area contributed by atoms with Crippen molar-refractivity contribution in [2.24, 2.45) is 0 Å². The summed E-state index contributed by atoms with van der Waals surface area (Å²) in [4.78, 5) is 15.6. The van der Waals surface area contributed by atoms with Gasteiger partial charge in [-0.25, -0.2) is 13.2 Å². The van der Waals surface area contributed by atoms with Crippen LogP contribution in [0, 0.1) is 20.8 Å². The quantitative estimate of drug-likeness (QED) is 0.643. The van der Waals surface area contributed by atoms with Crippen molar-refractivity contribution in [3.63, 3.8) is 0 Å². The van der Waals surface area contributed by atoms with E-state index in [1.807, 2.05) is 19.9 Å². The normalized spacial score (nSPS) is 16.9. The molecule has 30 heavy (non-hydrogen) atoms. The van der Waals surface area contributed by atoms with Gasteiger partial charge in [-0.2, -0.15) is 4.31 Å². The maximum Gasteiger partial charge on any atom is 0.355 e. The highest BCUT2D eigenvalue weighted by molar-refractivity contribution is 7.89. The lowest BCUT2D eigenvalue weighted by Gasteiger charge is -2.26. The first-order valence-corrected chi connectivity index (χ1v) is 11.7. The van der Waals surface area contributed by atoms with E-state index < -0.39 is 16.0 Å². The Morgan fingerprint density at radius 2 is 2.00 bits per heavy atom. The Balaban J connectivity index is 1.98. The molecule has 0 bridgehead atoms. The molecule has 0 saturated carbocycles. The van der Waals surface area contributed by atoms with Crippen molar-refractivity contribution >= 4 is 16.0 Å². The Labute approximate surface area is 178 Å². The zero-order valence-corrected chi connectivity index (χ0v) is 18.8. The van der Waals surface area contributed by atoms with E-state index in [2.05, 4.69) is 4.98 Å². The smallest absolute Gasteiger partial charge is 0.355 e. The first kappa shape index (κ1) is 22.5. The van der Waals surface area contributed by atoms with Crippen LogP contribution >= 0.6 is 0 Å². The van der Waals surface area contributed by atoms with Crippen LogP contribution in [0.4, 0.5) is 0 Å². The molecular weight excluding hydrogens is 404 g/mol. The molecule has 8 heteroatoms. The second-order valence-corrected chi connectivity index (χ2v) is 9.55. The van der Waals surface area contributed by atoms with E-state index in [4.69, 9.17) is 9.47 Å². The van der Waals surface area contributed by atoms with Crippen LogP contribution < -0.4 is 0 Å². The Morgan fingerprint density at radius 3 is 2.63 bits per heavy atom. The number of esters is 1. The van der Waals surface area contributed by atoms with Crippen LogP contribution in [0.3, 0.4) is 0 Å². The largest absolute Gasteiger partial charge is 0.461 e. The summed E-state index contributed by atoms with van der Waals surface area (Å²) in [6, 6.07) is 6.98. The minimum Gasteiger partial charge on any atom is -0.461 e. The summed E-state index contributed by atoms with van der Waals surface area (Å²) < 4.78 is 39.5. The zero-order chi connectivity index (χ0) is 21.9. The minimum absolute atomic E-state index is 0.132. The van der Waals surface area contributed by atoms with Gasteiger partial charge in [-0.3, -0.25) is 0 Å². The van der Waals surface area contributed by atoms with Crippen molar-refractivity contribution in [2.75, 3.05) is 19.8 Å². The molecule has 2 aromatic rings. The lowest BCUT2D eigenvalue weighted by Crippen LogP contribution is -2.37. The van der Waals surface area contributed by atoms with E-state index in [0.717, 1.165) is 24.1 Å². The predicted octanol–water partition coefficient (Wildman–Crippen LogP) is 3.49. The van der Waals surface area contributed by atoms with Crippen LogP contribution in [0.5, 0.6) is 0 Å². The van der Waals surface area contributed by atoms with Gasteiger partial charge in [0.05, 0.1) is 17.6 Å². The van der Waals surface area contributed by atoms with Gasteiger partial charge >= 0.3 is 5.97 Å². The molecule has 0 radical (unpaired) electrons. The van der Waals surface area contributed by atoms with Crippen LogP contribution in [0.2, 0.25) is 0 Å². The van der Waals surface area contributed by atoms with Gasteiger partial charge in [0.2, 0.25) is 10.0 Å². The fourth-order valence-electron chi connectivity index (χ4n) is 3.86. The molecule has 1 atom stereocenters. The van der Waals surface area contributed by atoms with Crippen molar-refractivity contribution in [2.45, 2.75) is 58.1 Å². The molecule has 1 aromatic heterocycles. The fourth-order valence-corrected chi connectivity index (χ4v) is 5.52. The number of nitrogens with zero attached hydrogens (tertiary/aromatic N) is 1. The number of hydrogen-bond donors (Lipinski definition) is 1. The van der Waals surface area contributed by atoms with E-state index in [1.54, 1.807) is 32.0 Å². The van der Waals surface area contributed by atoms with Gasteiger partial charge in [0.25, 0.3) is 0 Å². The average molecular weight is 435 g/mol. The van der Waals surface area contributed by atoms with Crippen molar-refractivity contribution < 1.29 is 22.7 Å². The molecule has 1 saturated heterocycles. The molecular formula is C22H30N2O5S. The van der Waals surface area contributed by atoms with Crippen molar-refractivity contribution in [3.8, 4) is 0 Å². The Hall–Kier alpha value is -2.16. The molecule has 0 spiro atoms. The van der Waals surface area contributed by atoms with Gasteiger partial charge in [0.15, 0.2) is 0 Å². The number of carbonyl (C=O) groups excluding carboxylic acids is 1. The summed E-state index contributed by atoms with van der Waals surface area (Å²) in [7, 11) is -3.75. The van der Waals surface area contributed by atoms with E-state index in [0.29, 0.717) is 28.3 Å². The second-order valence-electron chi connectivity index (χ2n) is 7.65. The fraction of sp³-hybridized carbons (Fsp3) is 0.500. The molecule has 1 aliphatic rings. The average Bonchev–Trinajstić information content (AvgIpc) is 3.31. The molecule has 164 valence electrons. The Morgan fingerprint density at radius 1 is 1.27 bits per heavy atom. The van der Waals surface area contributed by atoms with Gasteiger partial charge in [-0.1, -0.05) is 18.2 Å². The van der Waals surface area contributed by atoms with E-state index in [1.165, 1.54) is 4.31 Å². The van der Waals surface area contributed by atoms with Crippen LogP contribution in [0.25, 0.3) is 0 Å². The summed E-state index contributed by atoms with van der Waals surface area (Å²) in [6.07, 6.45) is 1.63. The van der Waals surface area contributed by atoms with Crippen LogP contribution in [0.1, 0.15) is 52.6 Å². The topological polar surface area (TPSA) is 88.7 Å². The molecule has 0 aliphatic carbocycles. The van der Waals surface area contributed by atoms with Crippen LogP contribution in [-0.2, 0) is 26.0 Å². The standard InChI is InChI=1S/C22H30N2O5S/c1-5-28-22(25)21-16(3)19(17(4)23-21)14-24(13-18-10-8-12-29-18)30(26,27)20-11-7-6-9-15(20)2/h6-7,9,11,18,23H,5,8,10,12-14H2,1-4H3/t18-/m1/s1. The SMILES string of the molecule is CCOC(=O)c1[nH]c(C)c(CN(C[C@H]2CCCO2)S(=O)(=O)c2ccccc2C)c1C. The van der Waals surface area contributed by atoms with Crippen LogP contribution in [0.15, 0.2) is 29.2 Å². The number of nitrogens with one attached hydrogen (secondary N) is 1. The zero-order valence-electron chi connectivity index (χ0n) is 18.0. The summed E-state index contributed by atoms with van der Waals surface area (Å²) in [5, 5.41) is 0. The molecule has 7 nitrogen and oxygen atoms in total. The number of ether oxygens (including phenoxy) is 2. The van der Waals surface area contributed by atoms with Crippen molar-refractivity contribution in [1.29, 1.82) is 0 Å². The van der Waals surface area contributed by atoms with E-state index >= 15 is 0 Å². The summed E-state index contributed by atoms with van der Waals surface area (Å²) in [5.74, 6) is -0.434. The molecule has 0 unspecified atom stereocenters. The van der Waals surface area contributed by atoms with Crippen molar-refractivity contribution in [1.82, 2.24) is 9.29 Å². The van der Waals surface area contributed by atoms with Gasteiger partial charge in [-0.05, 0) is 63.3 Å². The highest BCUT2D eigenvalue weighted by Crippen LogP contribution is 2.27. The third-order valence-corrected chi connectivity index (χ3v) is 7.52. The number of H-pyrrole nitrogens is 1. The van der Waals surface area contributed by atoms with Gasteiger partial charge < -0.3 is 14.5 Å². The summed E-state index contributed by atoms with van der Waals surface area (Å²) in [6.45, 7) is 8.56. The second kappa shape index (κ2) is 9.32. The number of aromatic amines is 1. The maximum absolute atomic E-state index is 13.6. The summed E-state index contributed by atoms with van der Waals surface area (Å²) in [5.41, 5.74) is 3.32. The number of rotatable bonds is 8. The first-order valence-electron chi connectivity index (χ1n) is 10.3. The number of benzene rings is 1. The van der Waals surface area contributed by atoms with E-state index in [9.17, 15) is 13.2 Å². The first-order chi connectivity index (χ1) is 14.3. The third-order valence-electron chi connectivity index (χ3n) is 5.55. The number of sulfonamides is 1. The lowest BCUT2D eigenvalue weighted by molar-refractivity contribution is 0.0519. The predicted molar refractivity (Wildman–Crippen MR) is 114 cm³/mol. The van der Waals surface area contributed by atoms with Crippen molar-refractivity contribution in [3.05, 3.63) is 52.3 Å². The molecule has 1 N–H and O–H groups in total. The number of carbonyl (C=O) groups is 1. The van der Waals surface area contributed by atoms with Crippen LogP contribution in [-0.4, -0.2) is 49.5 Å². The lowest BCUT2D eigenvalue weighted by atomic mass is 10.1. The monoisotopic (exact) mass is 434 g/mol. The maximum atomic E-state index is 13.6. The molecule has 3 rings (SSSR count). The number of hydrogen-bond acceptors (Lipinski definition) is 5. The Kier molecular flexibility index (Phi) is 7.00. The highest BCUT2D eigenvalue weighted by atomic mass is 32.2. The molecule has 0 amide bonds. The highest BCUT2D eigenvalue weighted by Gasteiger charge is 2.32. The number of aromatic nitrogens is 1. The van der Waals surface area contributed by atoms with Gasteiger partial charge in [0.1, 0.15) is 5.69 Å². The summed E-state index contributed by atoms with van der Waals surface area (Å²) >= 11 is 0. The molecule has 1 aromatic carbocycles.